The zero-order valence-electron chi connectivity index (χ0n) is 14.7. The van der Waals surface area contributed by atoms with E-state index in [-0.39, 0.29) is 5.75 Å². The number of ether oxygens (including phenoxy) is 1. The van der Waals surface area contributed by atoms with E-state index in [1.807, 2.05) is 63.6 Å². The van der Waals surface area contributed by atoms with E-state index in [1.54, 1.807) is 12.1 Å². The van der Waals surface area contributed by atoms with Gasteiger partial charge < -0.3 is 19.4 Å². The van der Waals surface area contributed by atoms with Gasteiger partial charge in [0.15, 0.2) is 11.5 Å². The molecule has 2 rings (SSSR count). The Labute approximate surface area is 143 Å². The fourth-order valence-corrected chi connectivity index (χ4v) is 2.56. The Hall–Kier alpha value is -2.30. The van der Waals surface area contributed by atoms with Crippen LogP contribution in [0.25, 0.3) is 12.2 Å². The Kier molecular flexibility index (Phi) is 5.65. The van der Waals surface area contributed by atoms with Gasteiger partial charge >= 0.3 is 0 Å². The van der Waals surface area contributed by atoms with E-state index < -0.39 is 6.10 Å². The van der Waals surface area contributed by atoms with Crippen LogP contribution in [0.3, 0.4) is 0 Å². The van der Waals surface area contributed by atoms with Crippen molar-refractivity contribution < 1.29 is 19.4 Å². The van der Waals surface area contributed by atoms with Crippen molar-refractivity contribution in [3.05, 3.63) is 59.2 Å². The minimum Gasteiger partial charge on any atom is -0.504 e. The second-order valence-corrected chi connectivity index (χ2v) is 6.89. The van der Waals surface area contributed by atoms with Gasteiger partial charge in [-0.1, -0.05) is 42.5 Å². The highest BCUT2D eigenvalue weighted by Gasteiger charge is 2.21. The molecule has 0 aliphatic rings. The first kappa shape index (κ1) is 18.0. The minimum atomic E-state index is -0.657. The van der Waals surface area contributed by atoms with Crippen LogP contribution in [-0.2, 0) is 0 Å². The van der Waals surface area contributed by atoms with Crippen LogP contribution in [0.2, 0.25) is 0 Å². The number of hydrogen-bond donors (Lipinski definition) is 2. The average molecular weight is 328 g/mol. The van der Waals surface area contributed by atoms with E-state index in [2.05, 4.69) is 0 Å². The predicted molar refractivity (Wildman–Crippen MR) is 97.9 cm³/mol. The van der Waals surface area contributed by atoms with Gasteiger partial charge in [0.2, 0.25) is 0 Å². The molecule has 0 saturated heterocycles. The molecule has 128 valence electrons. The van der Waals surface area contributed by atoms with E-state index in [9.17, 15) is 10.2 Å². The van der Waals surface area contributed by atoms with Crippen LogP contribution in [0.15, 0.2) is 42.5 Å². The van der Waals surface area contributed by atoms with Gasteiger partial charge in [0.25, 0.3) is 0 Å². The monoisotopic (exact) mass is 328 g/mol. The first-order chi connectivity index (χ1) is 11.3. The third kappa shape index (κ3) is 4.85. The maximum absolute atomic E-state index is 10.7. The summed E-state index contributed by atoms with van der Waals surface area (Å²) in [6.45, 7) is 0.556. The number of rotatable bonds is 6. The number of aromatic hydroxyl groups is 1. The molecule has 0 spiro atoms. The molecule has 4 heteroatoms. The summed E-state index contributed by atoms with van der Waals surface area (Å²) in [6.07, 6.45) is 3.21. The first-order valence-corrected chi connectivity index (χ1v) is 7.93. The highest BCUT2D eigenvalue weighted by atomic mass is 16.5. The van der Waals surface area contributed by atoms with Crippen molar-refractivity contribution in [2.75, 3.05) is 34.8 Å². The summed E-state index contributed by atoms with van der Waals surface area (Å²) in [6, 6.07) is 13.2. The molecule has 0 radical (unpaired) electrons. The average Bonchev–Trinajstić information content (AvgIpc) is 2.52. The number of aliphatic hydroxyl groups is 1. The molecule has 4 nitrogen and oxygen atoms in total. The maximum Gasteiger partial charge on any atom is 0.160 e. The van der Waals surface area contributed by atoms with Crippen LogP contribution in [-0.4, -0.2) is 49.5 Å². The van der Waals surface area contributed by atoms with Gasteiger partial charge in [0.1, 0.15) is 12.6 Å². The van der Waals surface area contributed by atoms with Crippen molar-refractivity contribution in [2.24, 2.45) is 0 Å². The predicted octanol–water partition coefficient (Wildman–Crippen LogP) is 3.31. The molecule has 1 atom stereocenters. The van der Waals surface area contributed by atoms with Gasteiger partial charge in [0, 0.05) is 0 Å². The SMILES string of the molecule is COc1cc(C(O)C[N+](C)(C)C)c(/C=C/c2ccccc2)cc1O. The third-order valence-corrected chi connectivity index (χ3v) is 3.72. The molecule has 0 fully saturated rings. The van der Waals surface area contributed by atoms with Gasteiger partial charge in [-0.15, -0.1) is 0 Å². The third-order valence-electron chi connectivity index (χ3n) is 3.72. The van der Waals surface area contributed by atoms with E-state index >= 15 is 0 Å². The second-order valence-electron chi connectivity index (χ2n) is 6.89. The standard InChI is InChI=1S/C20H25NO3/c1-21(2,3)14-19(23)17-13-20(24-4)18(22)12-16(17)11-10-15-8-6-5-7-9-15/h5-13,19,23H,14H2,1-4H3/p+1/b11-10+. The number of aliphatic hydroxyl groups excluding tert-OH is 1. The summed E-state index contributed by atoms with van der Waals surface area (Å²) in [5, 5.41) is 20.7. The summed E-state index contributed by atoms with van der Waals surface area (Å²) < 4.78 is 5.82. The highest BCUT2D eigenvalue weighted by Crippen LogP contribution is 2.34. The lowest BCUT2D eigenvalue weighted by Crippen LogP contribution is -2.38. The van der Waals surface area contributed by atoms with Gasteiger partial charge in [-0.3, -0.25) is 0 Å². The Balaban J connectivity index is 2.41. The summed E-state index contributed by atoms with van der Waals surface area (Å²) >= 11 is 0. The molecule has 0 aliphatic heterocycles. The fourth-order valence-electron chi connectivity index (χ4n) is 2.56. The molecular formula is C20H26NO3+. The number of methoxy groups -OCH3 is 1. The molecule has 2 aromatic rings. The molecule has 0 bridgehead atoms. The molecule has 0 aliphatic carbocycles. The number of hydrogen-bond acceptors (Lipinski definition) is 3. The van der Waals surface area contributed by atoms with Gasteiger partial charge in [-0.25, -0.2) is 0 Å². The lowest BCUT2D eigenvalue weighted by Gasteiger charge is -2.27. The molecular weight excluding hydrogens is 302 g/mol. The van der Waals surface area contributed by atoms with Crippen LogP contribution in [0.1, 0.15) is 22.8 Å². The van der Waals surface area contributed by atoms with E-state index in [0.717, 1.165) is 16.7 Å². The van der Waals surface area contributed by atoms with Crippen molar-refractivity contribution in [1.82, 2.24) is 0 Å². The minimum absolute atomic E-state index is 0.0615. The summed E-state index contributed by atoms with van der Waals surface area (Å²) in [5.74, 6) is 0.425. The van der Waals surface area contributed by atoms with Gasteiger partial charge in [-0.2, -0.15) is 0 Å². The largest absolute Gasteiger partial charge is 0.504 e. The molecule has 0 amide bonds. The summed E-state index contributed by atoms with van der Waals surface area (Å²) in [4.78, 5) is 0. The molecule has 2 aromatic carbocycles. The Morgan fingerprint density at radius 3 is 2.33 bits per heavy atom. The second kappa shape index (κ2) is 7.51. The lowest BCUT2D eigenvalue weighted by atomic mass is 9.99. The van der Waals surface area contributed by atoms with Crippen molar-refractivity contribution in [1.29, 1.82) is 0 Å². The number of phenols is 1. The smallest absolute Gasteiger partial charge is 0.160 e. The molecule has 24 heavy (non-hydrogen) atoms. The van der Waals surface area contributed by atoms with Crippen molar-refractivity contribution in [2.45, 2.75) is 6.10 Å². The molecule has 0 aromatic heterocycles. The first-order valence-electron chi connectivity index (χ1n) is 7.93. The Bertz CT molecular complexity index is 703. The van der Waals surface area contributed by atoms with Crippen molar-refractivity contribution >= 4 is 12.2 Å². The zero-order chi connectivity index (χ0) is 17.7. The normalized spacial score (nSPS) is 13.2. The van der Waals surface area contributed by atoms with Crippen LogP contribution in [0.5, 0.6) is 11.5 Å². The summed E-state index contributed by atoms with van der Waals surface area (Å²) in [5.41, 5.74) is 2.57. The number of quaternary nitrogens is 1. The van der Waals surface area contributed by atoms with Crippen LogP contribution < -0.4 is 4.74 Å². The fraction of sp³-hybridized carbons (Fsp3) is 0.300. The summed E-state index contributed by atoms with van der Waals surface area (Å²) in [7, 11) is 7.59. The van der Waals surface area contributed by atoms with Crippen LogP contribution in [0, 0.1) is 0 Å². The number of likely N-dealkylation sites (N-methyl/N-ethyl adjacent to an activating group) is 1. The zero-order valence-corrected chi connectivity index (χ0v) is 14.7. The van der Waals surface area contributed by atoms with Crippen LogP contribution in [0.4, 0.5) is 0 Å². The van der Waals surface area contributed by atoms with Crippen molar-refractivity contribution in [3.8, 4) is 11.5 Å². The number of benzene rings is 2. The number of nitrogens with zero attached hydrogens (tertiary/aromatic N) is 1. The maximum atomic E-state index is 10.7. The van der Waals surface area contributed by atoms with E-state index in [0.29, 0.717) is 16.8 Å². The molecule has 2 N–H and O–H groups in total. The van der Waals surface area contributed by atoms with Crippen molar-refractivity contribution in [3.63, 3.8) is 0 Å². The Morgan fingerprint density at radius 1 is 1.08 bits per heavy atom. The van der Waals surface area contributed by atoms with E-state index in [1.165, 1.54) is 7.11 Å². The molecule has 0 saturated carbocycles. The molecule has 0 heterocycles. The Morgan fingerprint density at radius 2 is 1.75 bits per heavy atom. The van der Waals surface area contributed by atoms with Gasteiger partial charge in [-0.05, 0) is 28.8 Å². The number of phenolic OH excluding ortho intramolecular Hbond substituents is 1. The van der Waals surface area contributed by atoms with E-state index in [4.69, 9.17) is 4.74 Å². The topological polar surface area (TPSA) is 49.7 Å². The highest BCUT2D eigenvalue weighted by molar-refractivity contribution is 5.73. The molecule has 1 unspecified atom stereocenters. The lowest BCUT2D eigenvalue weighted by molar-refractivity contribution is -0.874. The quantitative estimate of drug-likeness (QED) is 0.632. The van der Waals surface area contributed by atoms with Crippen LogP contribution >= 0.6 is 0 Å². The van der Waals surface area contributed by atoms with Gasteiger partial charge in [0.05, 0.1) is 28.3 Å².